The zero-order valence-corrected chi connectivity index (χ0v) is 16.9. The van der Waals surface area contributed by atoms with Gasteiger partial charge in [0.25, 0.3) is 0 Å². The first-order valence-electron chi connectivity index (χ1n) is 9.99. The molecule has 4 rings (SSSR count). The van der Waals surface area contributed by atoms with Gasteiger partial charge in [-0.05, 0) is 30.8 Å². The van der Waals surface area contributed by atoms with E-state index in [0.717, 1.165) is 24.2 Å². The van der Waals surface area contributed by atoms with Crippen molar-refractivity contribution >= 4 is 22.8 Å². The number of benzene rings is 2. The molecule has 2 aromatic carbocycles. The van der Waals surface area contributed by atoms with Crippen molar-refractivity contribution in [2.45, 2.75) is 12.6 Å². The van der Waals surface area contributed by atoms with E-state index in [1.165, 1.54) is 0 Å². The molecule has 2 N–H and O–H groups in total. The maximum absolute atomic E-state index is 12.3. The number of fused-ring (bicyclic) bond motifs is 1. The minimum Gasteiger partial charge on any atom is -0.480 e. The highest BCUT2D eigenvalue weighted by atomic mass is 16.4. The van der Waals surface area contributed by atoms with E-state index in [1.54, 1.807) is 18.2 Å². The van der Waals surface area contributed by atoms with E-state index in [1.807, 2.05) is 53.0 Å². The summed E-state index contributed by atoms with van der Waals surface area (Å²) in [4.78, 5) is 28.0. The van der Waals surface area contributed by atoms with Crippen LogP contribution in [0.5, 0.6) is 0 Å². The van der Waals surface area contributed by atoms with Gasteiger partial charge in [0.1, 0.15) is 6.04 Å². The number of hydrogen-bond donors (Lipinski definition) is 2. The SMILES string of the molecule is CN1CCN([C@@H](C(=O)O)c2cn(Cc3ccccc3)c3ccc(C(=O)O)cc23)CC1. The van der Waals surface area contributed by atoms with Gasteiger partial charge in [-0.2, -0.15) is 0 Å². The third-order valence-corrected chi connectivity index (χ3v) is 5.79. The number of nitrogens with zero attached hydrogens (tertiary/aromatic N) is 3. The molecule has 1 fully saturated rings. The van der Waals surface area contributed by atoms with Crippen molar-refractivity contribution in [1.29, 1.82) is 0 Å². The van der Waals surface area contributed by atoms with Gasteiger partial charge in [-0.25, -0.2) is 4.79 Å². The van der Waals surface area contributed by atoms with E-state index in [2.05, 4.69) is 4.90 Å². The summed E-state index contributed by atoms with van der Waals surface area (Å²) in [5.74, 6) is -1.94. The topological polar surface area (TPSA) is 86.0 Å². The predicted octanol–water partition coefficient (Wildman–Crippen LogP) is 2.76. The number of piperazine rings is 1. The summed E-state index contributed by atoms with van der Waals surface area (Å²) in [6, 6.07) is 14.1. The number of aromatic nitrogens is 1. The van der Waals surface area contributed by atoms with Gasteiger partial charge in [0.15, 0.2) is 0 Å². The molecule has 7 heteroatoms. The number of aromatic carboxylic acids is 1. The van der Waals surface area contributed by atoms with Crippen LogP contribution in [0.1, 0.15) is 27.5 Å². The predicted molar refractivity (Wildman–Crippen MR) is 114 cm³/mol. The third-order valence-electron chi connectivity index (χ3n) is 5.79. The lowest BCUT2D eigenvalue weighted by molar-refractivity contribution is -0.144. The molecule has 0 radical (unpaired) electrons. The minimum atomic E-state index is -1.02. The molecule has 3 aromatic rings. The molecule has 0 bridgehead atoms. The molecule has 0 amide bonds. The van der Waals surface area contributed by atoms with Crippen LogP contribution in [0.15, 0.2) is 54.7 Å². The summed E-state index contributed by atoms with van der Waals surface area (Å²) in [7, 11) is 2.03. The fourth-order valence-electron chi connectivity index (χ4n) is 4.15. The fourth-order valence-corrected chi connectivity index (χ4v) is 4.15. The average molecular weight is 407 g/mol. The van der Waals surface area contributed by atoms with Crippen LogP contribution in [0.3, 0.4) is 0 Å². The van der Waals surface area contributed by atoms with Crippen LogP contribution in [-0.4, -0.2) is 69.7 Å². The Labute approximate surface area is 174 Å². The number of aliphatic carboxylic acids is 1. The van der Waals surface area contributed by atoms with Crippen molar-refractivity contribution in [3.8, 4) is 0 Å². The zero-order chi connectivity index (χ0) is 21.3. The molecule has 1 atom stereocenters. The summed E-state index contributed by atoms with van der Waals surface area (Å²) >= 11 is 0. The van der Waals surface area contributed by atoms with Crippen molar-refractivity contribution < 1.29 is 19.8 Å². The molecule has 0 spiro atoms. The first kappa shape index (κ1) is 20.1. The van der Waals surface area contributed by atoms with E-state index in [0.29, 0.717) is 30.6 Å². The number of carboxylic acids is 2. The molecular formula is C23H25N3O4. The Hall–Kier alpha value is -3.16. The molecule has 30 heavy (non-hydrogen) atoms. The first-order chi connectivity index (χ1) is 14.4. The van der Waals surface area contributed by atoms with E-state index in [9.17, 15) is 19.8 Å². The summed E-state index contributed by atoms with van der Waals surface area (Å²) in [6.07, 6.45) is 1.88. The Bertz CT molecular complexity index is 1070. The second-order valence-corrected chi connectivity index (χ2v) is 7.82. The number of rotatable bonds is 6. The molecular weight excluding hydrogens is 382 g/mol. The van der Waals surface area contributed by atoms with Crippen LogP contribution in [0.25, 0.3) is 10.9 Å². The minimum absolute atomic E-state index is 0.156. The Balaban J connectivity index is 1.82. The van der Waals surface area contributed by atoms with Crippen LogP contribution in [-0.2, 0) is 11.3 Å². The van der Waals surface area contributed by atoms with E-state index in [-0.39, 0.29) is 5.56 Å². The number of carbonyl (C=O) groups is 2. The van der Waals surface area contributed by atoms with Crippen molar-refractivity contribution in [3.05, 3.63) is 71.4 Å². The molecule has 0 unspecified atom stereocenters. The maximum atomic E-state index is 12.3. The molecule has 2 heterocycles. The molecule has 1 aromatic heterocycles. The van der Waals surface area contributed by atoms with Gasteiger partial charge < -0.3 is 19.7 Å². The van der Waals surface area contributed by atoms with Crippen molar-refractivity contribution in [2.75, 3.05) is 33.2 Å². The van der Waals surface area contributed by atoms with Gasteiger partial charge >= 0.3 is 11.9 Å². The van der Waals surface area contributed by atoms with E-state index >= 15 is 0 Å². The lowest BCUT2D eigenvalue weighted by Crippen LogP contribution is -2.47. The zero-order valence-electron chi connectivity index (χ0n) is 16.9. The number of carboxylic acid groups (broad SMARTS) is 2. The standard InChI is InChI=1S/C23H25N3O4/c1-24-9-11-25(12-10-24)21(23(29)30)19-15-26(14-16-5-3-2-4-6-16)20-8-7-17(22(27)28)13-18(19)20/h2-8,13,15,21H,9-12,14H2,1H3,(H,27,28)(H,29,30)/t21-/m1/s1. The Morgan fingerprint density at radius 2 is 1.70 bits per heavy atom. The molecule has 1 aliphatic rings. The molecule has 7 nitrogen and oxygen atoms in total. The summed E-state index contributed by atoms with van der Waals surface area (Å²) < 4.78 is 2.01. The van der Waals surface area contributed by atoms with Crippen LogP contribution >= 0.6 is 0 Å². The summed E-state index contributed by atoms with van der Waals surface area (Å²) in [6.45, 7) is 3.48. The van der Waals surface area contributed by atoms with E-state index < -0.39 is 18.0 Å². The monoisotopic (exact) mass is 407 g/mol. The Morgan fingerprint density at radius 3 is 2.33 bits per heavy atom. The van der Waals surface area contributed by atoms with Crippen LogP contribution in [0, 0.1) is 0 Å². The van der Waals surface area contributed by atoms with Crippen molar-refractivity contribution in [2.24, 2.45) is 0 Å². The summed E-state index contributed by atoms with van der Waals surface area (Å²) in [5, 5.41) is 20.2. The normalized spacial score (nSPS) is 16.6. The van der Waals surface area contributed by atoms with Gasteiger partial charge in [-0.3, -0.25) is 9.69 Å². The Kier molecular flexibility index (Phi) is 5.57. The molecule has 1 aliphatic heterocycles. The quantitative estimate of drug-likeness (QED) is 0.654. The highest BCUT2D eigenvalue weighted by Gasteiger charge is 2.32. The van der Waals surface area contributed by atoms with Crippen LogP contribution < -0.4 is 0 Å². The highest BCUT2D eigenvalue weighted by Crippen LogP contribution is 2.32. The molecule has 0 aliphatic carbocycles. The van der Waals surface area contributed by atoms with Crippen LogP contribution in [0.2, 0.25) is 0 Å². The smallest absolute Gasteiger partial charge is 0.335 e. The molecule has 1 saturated heterocycles. The van der Waals surface area contributed by atoms with Crippen LogP contribution in [0.4, 0.5) is 0 Å². The van der Waals surface area contributed by atoms with Crippen molar-refractivity contribution in [1.82, 2.24) is 14.4 Å². The fraction of sp³-hybridized carbons (Fsp3) is 0.304. The van der Waals surface area contributed by atoms with Gasteiger partial charge in [-0.15, -0.1) is 0 Å². The summed E-state index contributed by atoms with van der Waals surface area (Å²) in [5.41, 5.74) is 2.72. The number of likely N-dealkylation sites (N-methyl/N-ethyl adjacent to an activating group) is 1. The van der Waals surface area contributed by atoms with E-state index in [4.69, 9.17) is 0 Å². The molecule has 0 saturated carbocycles. The largest absolute Gasteiger partial charge is 0.480 e. The maximum Gasteiger partial charge on any atom is 0.335 e. The second kappa shape index (κ2) is 8.30. The lowest BCUT2D eigenvalue weighted by atomic mass is 10.0. The van der Waals surface area contributed by atoms with Gasteiger partial charge in [0, 0.05) is 55.4 Å². The van der Waals surface area contributed by atoms with Crippen molar-refractivity contribution in [3.63, 3.8) is 0 Å². The highest BCUT2D eigenvalue weighted by molar-refractivity contribution is 5.96. The molecule has 156 valence electrons. The van der Waals surface area contributed by atoms with Gasteiger partial charge in [0.2, 0.25) is 0 Å². The average Bonchev–Trinajstić information content (AvgIpc) is 3.07. The number of hydrogen-bond acceptors (Lipinski definition) is 4. The second-order valence-electron chi connectivity index (χ2n) is 7.82. The lowest BCUT2D eigenvalue weighted by Gasteiger charge is -2.36. The Morgan fingerprint density at radius 1 is 1.00 bits per heavy atom. The van der Waals surface area contributed by atoms with Gasteiger partial charge in [-0.1, -0.05) is 30.3 Å². The van der Waals surface area contributed by atoms with Gasteiger partial charge in [0.05, 0.1) is 5.56 Å². The first-order valence-corrected chi connectivity index (χ1v) is 9.99. The third kappa shape index (κ3) is 3.94.